The first-order valence-electron chi connectivity index (χ1n) is 5.54. The van der Waals surface area contributed by atoms with Gasteiger partial charge < -0.3 is 0 Å². The number of halogens is 2. The van der Waals surface area contributed by atoms with Crippen LogP contribution in [0.15, 0.2) is 46.9 Å². The molecule has 88 valence electrons. The second-order valence-electron chi connectivity index (χ2n) is 4.34. The summed E-state index contributed by atoms with van der Waals surface area (Å²) >= 11 is 7.23. The fourth-order valence-electron chi connectivity index (χ4n) is 1.98. The highest BCUT2D eigenvalue weighted by molar-refractivity contribution is 9.10. The van der Waals surface area contributed by atoms with E-state index in [0.29, 0.717) is 0 Å². The zero-order valence-corrected chi connectivity index (χ0v) is 13.0. The van der Waals surface area contributed by atoms with Crippen molar-refractivity contribution in [2.24, 2.45) is 0 Å². The monoisotopic (exact) mass is 352 g/mol. The largest absolute Gasteiger partial charge is 0.0786 e. The molecule has 17 heavy (non-hydrogen) atoms. The molecule has 0 aliphatic rings. The summed E-state index contributed by atoms with van der Waals surface area (Å²) in [6, 6.07) is 15.1. The Labute approximate surface area is 119 Å². The summed E-state index contributed by atoms with van der Waals surface area (Å²) < 4.78 is 1.11. The van der Waals surface area contributed by atoms with E-state index in [-0.39, 0.29) is 4.83 Å². The van der Waals surface area contributed by atoms with Crippen molar-refractivity contribution in [1.29, 1.82) is 0 Å². The molecule has 0 aliphatic heterocycles. The number of benzene rings is 2. The van der Waals surface area contributed by atoms with Gasteiger partial charge in [0.25, 0.3) is 0 Å². The van der Waals surface area contributed by atoms with E-state index in [1.54, 1.807) is 0 Å². The summed E-state index contributed by atoms with van der Waals surface area (Å²) in [5, 5.41) is 0. The van der Waals surface area contributed by atoms with Gasteiger partial charge in [0, 0.05) is 4.47 Å². The number of aryl methyl sites for hydroxylation is 2. The van der Waals surface area contributed by atoms with Crippen LogP contribution in [-0.2, 0) is 0 Å². The van der Waals surface area contributed by atoms with Gasteiger partial charge in [-0.2, -0.15) is 0 Å². The third-order valence-electron chi connectivity index (χ3n) is 2.70. The minimum atomic E-state index is 0.259. The van der Waals surface area contributed by atoms with Crippen molar-refractivity contribution < 1.29 is 0 Å². The summed E-state index contributed by atoms with van der Waals surface area (Å²) in [5.41, 5.74) is 5.20. The number of rotatable bonds is 2. The molecule has 2 aromatic rings. The fraction of sp³-hybridized carbons (Fsp3) is 0.200. The van der Waals surface area contributed by atoms with Crippen LogP contribution in [0.4, 0.5) is 0 Å². The van der Waals surface area contributed by atoms with Gasteiger partial charge in [0.15, 0.2) is 0 Å². The number of hydrogen-bond acceptors (Lipinski definition) is 0. The molecule has 2 heteroatoms. The van der Waals surface area contributed by atoms with Gasteiger partial charge in [-0.25, -0.2) is 0 Å². The molecule has 1 unspecified atom stereocenters. The lowest BCUT2D eigenvalue weighted by atomic mass is 10.0. The zero-order valence-electron chi connectivity index (χ0n) is 9.87. The van der Waals surface area contributed by atoms with E-state index >= 15 is 0 Å². The molecule has 0 radical (unpaired) electrons. The van der Waals surface area contributed by atoms with Gasteiger partial charge in [0.05, 0.1) is 4.83 Å². The Morgan fingerprint density at radius 1 is 0.824 bits per heavy atom. The first-order chi connectivity index (χ1) is 8.06. The fourth-order valence-corrected chi connectivity index (χ4v) is 2.81. The average molecular weight is 354 g/mol. The van der Waals surface area contributed by atoms with Crippen LogP contribution < -0.4 is 0 Å². The smallest absolute Gasteiger partial charge is 0.0644 e. The van der Waals surface area contributed by atoms with Crippen LogP contribution in [0, 0.1) is 13.8 Å². The van der Waals surface area contributed by atoms with E-state index in [2.05, 4.69) is 88.2 Å². The Hall–Kier alpha value is -0.600. The Kier molecular flexibility index (Phi) is 4.05. The molecule has 0 saturated heterocycles. The van der Waals surface area contributed by atoms with Gasteiger partial charge in [-0.3, -0.25) is 0 Å². The predicted molar refractivity (Wildman–Crippen MR) is 80.8 cm³/mol. The molecule has 0 heterocycles. The van der Waals surface area contributed by atoms with E-state index < -0.39 is 0 Å². The minimum absolute atomic E-state index is 0.259. The van der Waals surface area contributed by atoms with E-state index in [4.69, 9.17) is 0 Å². The van der Waals surface area contributed by atoms with Crippen LogP contribution in [0.2, 0.25) is 0 Å². The molecule has 2 rings (SSSR count). The molecule has 0 bridgehead atoms. The maximum absolute atomic E-state index is 3.77. The lowest BCUT2D eigenvalue weighted by Crippen LogP contribution is -1.94. The minimum Gasteiger partial charge on any atom is -0.0786 e. The lowest BCUT2D eigenvalue weighted by molar-refractivity contribution is 1.15. The number of hydrogen-bond donors (Lipinski definition) is 0. The van der Waals surface area contributed by atoms with Gasteiger partial charge in [0.1, 0.15) is 0 Å². The molecule has 0 fully saturated rings. The maximum atomic E-state index is 3.77. The van der Waals surface area contributed by atoms with Gasteiger partial charge in [-0.05, 0) is 37.1 Å². The molecule has 1 atom stereocenters. The van der Waals surface area contributed by atoms with Gasteiger partial charge in [-0.1, -0.05) is 73.3 Å². The van der Waals surface area contributed by atoms with Crippen molar-refractivity contribution >= 4 is 31.9 Å². The van der Waals surface area contributed by atoms with Crippen LogP contribution in [0.3, 0.4) is 0 Å². The Balaban J connectivity index is 2.36. The van der Waals surface area contributed by atoms with Gasteiger partial charge in [0.2, 0.25) is 0 Å². The Morgan fingerprint density at radius 2 is 1.35 bits per heavy atom. The summed E-state index contributed by atoms with van der Waals surface area (Å²) in [4.78, 5) is 0.259. The third kappa shape index (κ3) is 3.20. The zero-order chi connectivity index (χ0) is 12.4. The maximum Gasteiger partial charge on any atom is 0.0644 e. The summed E-state index contributed by atoms with van der Waals surface area (Å²) in [6.45, 7) is 4.27. The highest BCUT2D eigenvalue weighted by Gasteiger charge is 2.10. The molecule has 0 aromatic heterocycles. The second-order valence-corrected chi connectivity index (χ2v) is 6.17. The number of alkyl halides is 1. The van der Waals surface area contributed by atoms with Crippen LogP contribution in [0.25, 0.3) is 0 Å². The molecule has 0 nitrogen and oxygen atoms in total. The van der Waals surface area contributed by atoms with Crippen molar-refractivity contribution in [3.05, 3.63) is 69.2 Å². The molecule has 0 aliphatic carbocycles. The van der Waals surface area contributed by atoms with E-state index in [1.165, 1.54) is 22.3 Å². The predicted octanol–water partition coefficient (Wildman–Crippen LogP) is 5.55. The van der Waals surface area contributed by atoms with Crippen molar-refractivity contribution in [3.63, 3.8) is 0 Å². The average Bonchev–Trinajstić information content (AvgIpc) is 2.28. The van der Waals surface area contributed by atoms with E-state index in [1.807, 2.05) is 0 Å². The van der Waals surface area contributed by atoms with Crippen LogP contribution in [0.5, 0.6) is 0 Å². The standard InChI is InChI=1S/C15H14Br2/c1-10-7-11(2)9-13(8-10)15(17)12-3-5-14(16)6-4-12/h3-9,15H,1-2H3. The highest BCUT2D eigenvalue weighted by atomic mass is 79.9. The topological polar surface area (TPSA) is 0 Å². The first-order valence-corrected chi connectivity index (χ1v) is 7.25. The normalized spacial score (nSPS) is 12.5. The van der Waals surface area contributed by atoms with Crippen molar-refractivity contribution in [2.75, 3.05) is 0 Å². The van der Waals surface area contributed by atoms with Gasteiger partial charge in [-0.15, -0.1) is 0 Å². The Bertz CT molecular complexity index is 495. The van der Waals surface area contributed by atoms with E-state index in [0.717, 1.165) is 4.47 Å². The molecule has 0 saturated carbocycles. The van der Waals surface area contributed by atoms with E-state index in [9.17, 15) is 0 Å². The lowest BCUT2D eigenvalue weighted by Gasteiger charge is -2.12. The van der Waals surface area contributed by atoms with Crippen molar-refractivity contribution in [2.45, 2.75) is 18.7 Å². The van der Waals surface area contributed by atoms with Crippen molar-refractivity contribution in [1.82, 2.24) is 0 Å². The highest BCUT2D eigenvalue weighted by Crippen LogP contribution is 2.32. The molecule has 0 N–H and O–H groups in total. The van der Waals surface area contributed by atoms with Crippen molar-refractivity contribution in [3.8, 4) is 0 Å². The molecular formula is C15H14Br2. The SMILES string of the molecule is Cc1cc(C)cc(C(Br)c2ccc(Br)cc2)c1. The summed E-state index contributed by atoms with van der Waals surface area (Å²) in [5.74, 6) is 0. The molecule has 0 spiro atoms. The van der Waals surface area contributed by atoms with Crippen LogP contribution in [-0.4, -0.2) is 0 Å². The van der Waals surface area contributed by atoms with Gasteiger partial charge >= 0.3 is 0 Å². The quantitative estimate of drug-likeness (QED) is 0.621. The molecule has 0 amide bonds. The van der Waals surface area contributed by atoms with Crippen LogP contribution in [0.1, 0.15) is 27.1 Å². The molecular weight excluding hydrogens is 340 g/mol. The first kappa shape index (κ1) is 12.8. The summed E-state index contributed by atoms with van der Waals surface area (Å²) in [6.07, 6.45) is 0. The summed E-state index contributed by atoms with van der Waals surface area (Å²) in [7, 11) is 0. The Morgan fingerprint density at radius 3 is 1.88 bits per heavy atom. The third-order valence-corrected chi connectivity index (χ3v) is 4.29. The van der Waals surface area contributed by atoms with Crippen LogP contribution >= 0.6 is 31.9 Å². The molecule has 2 aromatic carbocycles. The second kappa shape index (κ2) is 5.36.